The zero-order chi connectivity index (χ0) is 13.5. The van der Waals surface area contributed by atoms with Crippen molar-refractivity contribution in [3.63, 3.8) is 0 Å². The van der Waals surface area contributed by atoms with Gasteiger partial charge >= 0.3 is 0 Å². The average Bonchev–Trinajstić information content (AvgIpc) is 2.36. The Kier molecular flexibility index (Phi) is 5.51. The van der Waals surface area contributed by atoms with Gasteiger partial charge < -0.3 is 10.6 Å². The van der Waals surface area contributed by atoms with Crippen LogP contribution in [-0.4, -0.2) is 34.6 Å². The Morgan fingerprint density at radius 3 is 2.67 bits per heavy atom. The van der Waals surface area contributed by atoms with Crippen LogP contribution in [0.3, 0.4) is 0 Å². The second kappa shape index (κ2) is 6.90. The van der Waals surface area contributed by atoms with Gasteiger partial charge in [-0.25, -0.2) is 0 Å². The van der Waals surface area contributed by atoms with E-state index in [0.29, 0.717) is 6.54 Å². The van der Waals surface area contributed by atoms with Crippen molar-refractivity contribution in [3.8, 4) is 0 Å². The first-order chi connectivity index (χ1) is 8.54. The van der Waals surface area contributed by atoms with E-state index in [1.165, 1.54) is 12.1 Å². The molecular weight excluding hydrogens is 256 g/mol. The molecule has 98 valence electrons. The lowest BCUT2D eigenvalue weighted by molar-refractivity contribution is -0.122. The third kappa shape index (κ3) is 4.29. The Labute approximate surface area is 110 Å². The second-order valence-electron chi connectivity index (χ2n) is 3.73. The Hall–Kier alpha value is -1.69. The zero-order valence-electron chi connectivity index (χ0n) is 10.2. The van der Waals surface area contributed by atoms with Gasteiger partial charge in [0.1, 0.15) is 6.04 Å². The summed E-state index contributed by atoms with van der Waals surface area (Å²) in [6.07, 6.45) is 0.842. The lowest BCUT2D eigenvalue weighted by Gasteiger charge is -2.13. The Morgan fingerprint density at radius 1 is 1.39 bits per heavy atom. The number of halogens is 1. The van der Waals surface area contributed by atoms with Crippen LogP contribution in [0.25, 0.3) is 0 Å². The number of hydrogen-bond acceptors (Lipinski definition) is 4. The van der Waals surface area contributed by atoms with E-state index in [9.17, 15) is 9.59 Å². The molecule has 18 heavy (non-hydrogen) atoms. The normalized spacial score (nSPS) is 11.7. The third-order valence-corrected chi connectivity index (χ3v) is 2.36. The smallest absolute Gasteiger partial charge is 0.272 e. The van der Waals surface area contributed by atoms with Crippen molar-refractivity contribution in [2.75, 3.05) is 6.54 Å². The fourth-order valence-corrected chi connectivity index (χ4v) is 1.28. The summed E-state index contributed by atoms with van der Waals surface area (Å²) < 4.78 is 0. The van der Waals surface area contributed by atoms with Crippen LogP contribution in [0.5, 0.6) is 0 Å². The van der Waals surface area contributed by atoms with Crippen molar-refractivity contribution in [2.24, 2.45) is 0 Å². The monoisotopic (exact) mass is 270 g/mol. The molecule has 1 unspecified atom stereocenters. The van der Waals surface area contributed by atoms with Crippen LogP contribution in [0.15, 0.2) is 12.1 Å². The number of amides is 2. The fraction of sp³-hybridized carbons (Fsp3) is 0.455. The summed E-state index contributed by atoms with van der Waals surface area (Å²) in [5, 5.41) is 12.6. The summed E-state index contributed by atoms with van der Waals surface area (Å²) in [7, 11) is 0. The first-order valence-electron chi connectivity index (χ1n) is 5.62. The summed E-state index contributed by atoms with van der Waals surface area (Å²) in [5.74, 6) is -0.689. The Morgan fingerprint density at radius 2 is 2.11 bits per heavy atom. The van der Waals surface area contributed by atoms with E-state index in [-0.39, 0.29) is 16.8 Å². The van der Waals surface area contributed by atoms with Gasteiger partial charge in [0.15, 0.2) is 10.8 Å². The molecule has 1 atom stereocenters. The number of rotatable bonds is 5. The summed E-state index contributed by atoms with van der Waals surface area (Å²) in [6, 6.07) is 2.29. The van der Waals surface area contributed by atoms with Gasteiger partial charge in [-0.05, 0) is 25.5 Å². The van der Waals surface area contributed by atoms with Gasteiger partial charge in [-0.3, -0.25) is 9.59 Å². The predicted octanol–water partition coefficient (Wildman–Crippen LogP) is 0.774. The van der Waals surface area contributed by atoms with Crippen LogP contribution >= 0.6 is 11.6 Å². The maximum absolute atomic E-state index is 11.7. The number of aromatic nitrogens is 2. The van der Waals surface area contributed by atoms with Crippen LogP contribution in [0.2, 0.25) is 5.15 Å². The van der Waals surface area contributed by atoms with Crippen molar-refractivity contribution >= 4 is 23.4 Å². The van der Waals surface area contributed by atoms with Crippen LogP contribution in [0.4, 0.5) is 0 Å². The summed E-state index contributed by atoms with van der Waals surface area (Å²) in [6.45, 7) is 4.14. The van der Waals surface area contributed by atoms with E-state index in [4.69, 9.17) is 11.6 Å². The minimum atomic E-state index is -0.624. The maximum atomic E-state index is 11.7. The van der Waals surface area contributed by atoms with Crippen LogP contribution in [0.1, 0.15) is 30.8 Å². The molecule has 1 aromatic heterocycles. The number of carbonyl (C=O) groups is 2. The van der Waals surface area contributed by atoms with E-state index >= 15 is 0 Å². The Bertz CT molecular complexity index is 422. The molecule has 1 heterocycles. The molecule has 7 heteroatoms. The summed E-state index contributed by atoms with van der Waals surface area (Å²) in [4.78, 5) is 23.2. The largest absolute Gasteiger partial charge is 0.354 e. The third-order valence-electron chi connectivity index (χ3n) is 2.15. The van der Waals surface area contributed by atoms with Gasteiger partial charge in [0, 0.05) is 6.54 Å². The van der Waals surface area contributed by atoms with E-state index < -0.39 is 11.9 Å². The lowest BCUT2D eigenvalue weighted by atomic mass is 10.2. The highest BCUT2D eigenvalue weighted by molar-refractivity contribution is 6.29. The van der Waals surface area contributed by atoms with Crippen molar-refractivity contribution in [2.45, 2.75) is 26.3 Å². The molecule has 6 nitrogen and oxygen atoms in total. The van der Waals surface area contributed by atoms with Gasteiger partial charge in [-0.2, -0.15) is 0 Å². The standard InChI is InChI=1S/C11H15ClN4O2/c1-3-6-13-10(17)7(2)14-11(18)8-4-5-9(12)16-15-8/h4-5,7H,3,6H2,1-2H3,(H,13,17)(H,14,18). The van der Waals surface area contributed by atoms with Crippen LogP contribution in [-0.2, 0) is 4.79 Å². The lowest BCUT2D eigenvalue weighted by Crippen LogP contribution is -2.45. The molecule has 1 aromatic rings. The molecule has 0 aromatic carbocycles. The molecule has 0 fully saturated rings. The number of carbonyl (C=O) groups excluding carboxylic acids is 2. The van der Waals surface area contributed by atoms with Crippen molar-refractivity contribution in [1.82, 2.24) is 20.8 Å². The molecule has 1 rings (SSSR count). The molecule has 0 saturated carbocycles. The van der Waals surface area contributed by atoms with Crippen molar-refractivity contribution in [3.05, 3.63) is 23.0 Å². The molecule has 0 aliphatic carbocycles. The van der Waals surface area contributed by atoms with Crippen LogP contribution < -0.4 is 10.6 Å². The molecule has 2 N–H and O–H groups in total. The topological polar surface area (TPSA) is 84.0 Å². The first kappa shape index (κ1) is 14.4. The maximum Gasteiger partial charge on any atom is 0.272 e. The number of nitrogens with zero attached hydrogens (tertiary/aromatic N) is 2. The minimum Gasteiger partial charge on any atom is -0.354 e. The highest BCUT2D eigenvalue weighted by atomic mass is 35.5. The number of nitrogens with one attached hydrogen (secondary N) is 2. The summed E-state index contributed by atoms with van der Waals surface area (Å²) >= 11 is 5.56. The molecule has 0 bridgehead atoms. The predicted molar refractivity (Wildman–Crippen MR) is 67.3 cm³/mol. The first-order valence-corrected chi connectivity index (χ1v) is 6.00. The molecule has 2 amide bonds. The zero-order valence-corrected chi connectivity index (χ0v) is 11.0. The number of hydrogen-bond donors (Lipinski definition) is 2. The quantitative estimate of drug-likeness (QED) is 0.828. The second-order valence-corrected chi connectivity index (χ2v) is 4.11. The summed E-state index contributed by atoms with van der Waals surface area (Å²) in [5.41, 5.74) is 0.120. The minimum absolute atomic E-state index is 0.120. The van der Waals surface area contributed by atoms with E-state index in [0.717, 1.165) is 6.42 Å². The van der Waals surface area contributed by atoms with Gasteiger partial charge in [0.05, 0.1) is 0 Å². The molecule has 0 aliphatic heterocycles. The molecule has 0 saturated heterocycles. The fourth-order valence-electron chi connectivity index (χ4n) is 1.17. The van der Waals surface area contributed by atoms with Gasteiger partial charge in [-0.1, -0.05) is 18.5 Å². The van der Waals surface area contributed by atoms with Gasteiger partial charge in [0.2, 0.25) is 5.91 Å². The van der Waals surface area contributed by atoms with E-state index in [1.54, 1.807) is 6.92 Å². The van der Waals surface area contributed by atoms with E-state index in [2.05, 4.69) is 20.8 Å². The highest BCUT2D eigenvalue weighted by Crippen LogP contribution is 2.02. The van der Waals surface area contributed by atoms with Crippen LogP contribution in [0, 0.1) is 0 Å². The van der Waals surface area contributed by atoms with Crippen molar-refractivity contribution in [1.29, 1.82) is 0 Å². The van der Waals surface area contributed by atoms with E-state index in [1.807, 2.05) is 6.92 Å². The average molecular weight is 271 g/mol. The Balaban J connectivity index is 2.53. The molecule has 0 radical (unpaired) electrons. The molecule has 0 spiro atoms. The van der Waals surface area contributed by atoms with Gasteiger partial charge in [-0.15, -0.1) is 10.2 Å². The highest BCUT2D eigenvalue weighted by Gasteiger charge is 2.16. The van der Waals surface area contributed by atoms with Gasteiger partial charge in [0.25, 0.3) is 5.91 Å². The van der Waals surface area contributed by atoms with Crippen molar-refractivity contribution < 1.29 is 9.59 Å². The molecule has 0 aliphatic rings. The SMILES string of the molecule is CCCNC(=O)C(C)NC(=O)c1ccc(Cl)nn1. The molecular formula is C11H15ClN4O2.